The van der Waals surface area contributed by atoms with Gasteiger partial charge in [0.05, 0.1) is 11.4 Å². The molecule has 1 aliphatic rings. The second-order valence-electron chi connectivity index (χ2n) is 5.76. The van der Waals surface area contributed by atoms with Gasteiger partial charge < -0.3 is 5.11 Å². The largest absolute Gasteiger partial charge is 0.507 e. The van der Waals surface area contributed by atoms with Crippen molar-refractivity contribution in [3.63, 3.8) is 0 Å². The molecule has 1 aliphatic heterocycles. The smallest absolute Gasteiger partial charge is 0.124 e. The Morgan fingerprint density at radius 3 is 2.38 bits per heavy atom. The van der Waals surface area contributed by atoms with E-state index < -0.39 is 0 Å². The van der Waals surface area contributed by atoms with Crippen LogP contribution in [0.15, 0.2) is 88.8 Å². The zero-order chi connectivity index (χ0) is 16.4. The third kappa shape index (κ3) is 2.95. The quantitative estimate of drug-likeness (QED) is 0.648. The lowest BCUT2D eigenvalue weighted by Crippen LogP contribution is -2.05. The lowest BCUT2D eigenvalue weighted by molar-refractivity contribution is 0.474. The fourth-order valence-electron chi connectivity index (χ4n) is 2.95. The van der Waals surface area contributed by atoms with E-state index >= 15 is 0 Å². The highest BCUT2D eigenvalue weighted by molar-refractivity contribution is 7.99. The number of hydrogen-bond acceptors (Lipinski definition) is 3. The molecule has 1 heterocycles. The van der Waals surface area contributed by atoms with Gasteiger partial charge in [0.25, 0.3) is 0 Å². The minimum Gasteiger partial charge on any atom is -0.507 e. The molecule has 1 atom stereocenters. The van der Waals surface area contributed by atoms with Crippen LogP contribution < -0.4 is 0 Å². The number of thioether (sulfide) groups is 1. The van der Waals surface area contributed by atoms with Crippen LogP contribution in [0.1, 0.15) is 22.8 Å². The Morgan fingerprint density at radius 1 is 0.833 bits per heavy atom. The van der Waals surface area contributed by atoms with Crippen molar-refractivity contribution in [2.45, 2.75) is 16.6 Å². The Morgan fingerprint density at radius 2 is 1.54 bits per heavy atom. The average Bonchev–Trinajstić information content (AvgIpc) is 2.82. The van der Waals surface area contributed by atoms with Crippen molar-refractivity contribution in [3.8, 4) is 5.75 Å². The SMILES string of the molecule is Oc1ccccc1C1=Nc2ccccc2SC(c2ccccc2)C1. The third-order valence-corrected chi connectivity index (χ3v) is 5.48. The fraction of sp³-hybridized carbons (Fsp3) is 0.0952. The molecule has 0 bridgehead atoms. The van der Waals surface area contributed by atoms with Crippen molar-refractivity contribution in [1.29, 1.82) is 0 Å². The standard InChI is InChI=1S/C21H17NOS/c23-19-12-6-4-10-16(19)18-14-21(15-8-2-1-3-9-15)24-20-13-7-5-11-17(20)22-18/h1-13,21,23H,14H2. The van der Waals surface area contributed by atoms with Crippen LogP contribution in [0, 0.1) is 0 Å². The summed E-state index contributed by atoms with van der Waals surface area (Å²) in [5.74, 6) is 0.285. The number of phenolic OH excluding ortho intramolecular Hbond substituents is 1. The molecule has 3 aromatic rings. The van der Waals surface area contributed by atoms with Crippen LogP contribution in [-0.4, -0.2) is 10.8 Å². The topological polar surface area (TPSA) is 32.6 Å². The van der Waals surface area contributed by atoms with E-state index in [2.05, 4.69) is 30.3 Å². The highest BCUT2D eigenvalue weighted by atomic mass is 32.2. The Kier molecular flexibility index (Phi) is 4.09. The zero-order valence-electron chi connectivity index (χ0n) is 13.1. The molecule has 0 spiro atoms. The maximum absolute atomic E-state index is 10.3. The van der Waals surface area contributed by atoms with Gasteiger partial charge >= 0.3 is 0 Å². The summed E-state index contributed by atoms with van der Waals surface area (Å²) in [4.78, 5) is 6.06. The van der Waals surface area contributed by atoms with Crippen molar-refractivity contribution in [3.05, 3.63) is 90.0 Å². The number of rotatable bonds is 2. The maximum atomic E-state index is 10.3. The number of hydrogen-bond donors (Lipinski definition) is 1. The van der Waals surface area contributed by atoms with Crippen molar-refractivity contribution >= 4 is 23.2 Å². The van der Waals surface area contributed by atoms with E-state index in [9.17, 15) is 5.11 Å². The predicted molar refractivity (Wildman–Crippen MR) is 100 cm³/mol. The summed E-state index contributed by atoms with van der Waals surface area (Å²) in [5, 5.41) is 10.5. The van der Waals surface area contributed by atoms with Crippen LogP contribution in [0.3, 0.4) is 0 Å². The van der Waals surface area contributed by atoms with Gasteiger partial charge in [0, 0.05) is 22.1 Å². The van der Waals surface area contributed by atoms with Crippen molar-refractivity contribution < 1.29 is 5.11 Å². The lowest BCUT2D eigenvalue weighted by atomic mass is 10.0. The van der Waals surface area contributed by atoms with Gasteiger partial charge in [-0.05, 0) is 29.8 Å². The second kappa shape index (κ2) is 6.54. The molecule has 0 amide bonds. The molecule has 0 aliphatic carbocycles. The average molecular weight is 331 g/mol. The van der Waals surface area contributed by atoms with E-state index in [1.807, 2.05) is 54.2 Å². The monoisotopic (exact) mass is 331 g/mol. The summed E-state index contributed by atoms with van der Waals surface area (Å²) in [6.07, 6.45) is 0.779. The highest BCUT2D eigenvalue weighted by Gasteiger charge is 2.23. The number of para-hydroxylation sites is 2. The summed E-state index contributed by atoms with van der Waals surface area (Å²) in [6, 6.07) is 26.2. The first kappa shape index (κ1) is 15.0. The first-order chi connectivity index (χ1) is 11.8. The molecule has 0 fully saturated rings. The summed E-state index contributed by atoms with van der Waals surface area (Å²) < 4.78 is 0. The van der Waals surface area contributed by atoms with E-state index in [4.69, 9.17) is 4.99 Å². The van der Waals surface area contributed by atoms with Crippen molar-refractivity contribution in [1.82, 2.24) is 0 Å². The normalized spacial score (nSPS) is 16.8. The first-order valence-electron chi connectivity index (χ1n) is 7.98. The van der Waals surface area contributed by atoms with Crippen molar-refractivity contribution in [2.75, 3.05) is 0 Å². The van der Waals surface area contributed by atoms with Gasteiger partial charge in [-0.25, -0.2) is 0 Å². The molecule has 0 saturated heterocycles. The van der Waals surface area contributed by atoms with E-state index in [1.54, 1.807) is 6.07 Å². The van der Waals surface area contributed by atoms with Crippen LogP contribution in [0.4, 0.5) is 5.69 Å². The molecular formula is C21H17NOS. The summed E-state index contributed by atoms with van der Waals surface area (Å²) in [6.45, 7) is 0. The Hall–Kier alpha value is -2.52. The van der Waals surface area contributed by atoms with E-state index in [0.717, 1.165) is 23.4 Å². The maximum Gasteiger partial charge on any atom is 0.124 e. The molecular weight excluding hydrogens is 314 g/mol. The minimum absolute atomic E-state index is 0.271. The van der Waals surface area contributed by atoms with Crippen LogP contribution in [0.5, 0.6) is 5.75 Å². The van der Waals surface area contributed by atoms with Gasteiger partial charge in [-0.15, -0.1) is 11.8 Å². The third-order valence-electron chi connectivity index (χ3n) is 4.15. The van der Waals surface area contributed by atoms with E-state index in [0.29, 0.717) is 0 Å². The number of benzene rings is 3. The van der Waals surface area contributed by atoms with Gasteiger partial charge in [0.1, 0.15) is 5.75 Å². The Labute approximate surface area is 145 Å². The molecule has 1 N–H and O–H groups in total. The van der Waals surface area contributed by atoms with Gasteiger partial charge in [0.15, 0.2) is 0 Å². The predicted octanol–water partition coefficient (Wildman–Crippen LogP) is 5.75. The molecule has 4 rings (SSSR count). The summed E-state index contributed by atoms with van der Waals surface area (Å²) in [5.41, 5.74) is 4.00. The number of phenols is 1. The molecule has 0 radical (unpaired) electrons. The first-order valence-corrected chi connectivity index (χ1v) is 8.86. The fourth-order valence-corrected chi connectivity index (χ4v) is 4.18. The molecule has 118 valence electrons. The summed E-state index contributed by atoms with van der Waals surface area (Å²) in [7, 11) is 0. The van der Waals surface area contributed by atoms with E-state index in [-0.39, 0.29) is 11.0 Å². The molecule has 3 heteroatoms. The van der Waals surface area contributed by atoms with Gasteiger partial charge in [-0.1, -0.05) is 54.6 Å². The second-order valence-corrected chi connectivity index (χ2v) is 7.01. The zero-order valence-corrected chi connectivity index (χ0v) is 13.9. The lowest BCUT2D eigenvalue weighted by Gasteiger charge is -2.16. The van der Waals surface area contributed by atoms with Crippen LogP contribution in [0.25, 0.3) is 0 Å². The van der Waals surface area contributed by atoms with Gasteiger partial charge in [0.2, 0.25) is 0 Å². The Bertz CT molecular complexity index is 889. The molecule has 2 nitrogen and oxygen atoms in total. The van der Waals surface area contributed by atoms with Crippen LogP contribution in [-0.2, 0) is 0 Å². The van der Waals surface area contributed by atoms with E-state index in [1.165, 1.54) is 10.5 Å². The molecule has 0 aromatic heterocycles. The van der Waals surface area contributed by atoms with Crippen LogP contribution in [0.2, 0.25) is 0 Å². The minimum atomic E-state index is 0.271. The van der Waals surface area contributed by atoms with Gasteiger partial charge in [-0.3, -0.25) is 4.99 Å². The number of fused-ring (bicyclic) bond motifs is 1. The van der Waals surface area contributed by atoms with Crippen LogP contribution >= 0.6 is 11.8 Å². The molecule has 24 heavy (non-hydrogen) atoms. The molecule has 1 unspecified atom stereocenters. The molecule has 3 aromatic carbocycles. The van der Waals surface area contributed by atoms with Crippen molar-refractivity contribution in [2.24, 2.45) is 4.99 Å². The summed E-state index contributed by atoms with van der Waals surface area (Å²) >= 11 is 1.84. The molecule has 0 saturated carbocycles. The number of aliphatic imine (C=N–C) groups is 1. The Balaban J connectivity index is 1.83. The number of aromatic hydroxyl groups is 1. The highest BCUT2D eigenvalue weighted by Crippen LogP contribution is 2.45. The number of nitrogens with zero attached hydrogens (tertiary/aromatic N) is 1. The van der Waals surface area contributed by atoms with Gasteiger partial charge in [-0.2, -0.15) is 0 Å².